The molecule has 60 valence electrons. The van der Waals surface area contributed by atoms with Crippen LogP contribution in [0.1, 0.15) is 12.5 Å². The van der Waals surface area contributed by atoms with Crippen molar-refractivity contribution in [2.45, 2.75) is 6.92 Å². The third kappa shape index (κ3) is 1.67. The molecule has 1 aromatic heterocycles. The van der Waals surface area contributed by atoms with Crippen molar-refractivity contribution in [1.29, 1.82) is 0 Å². The van der Waals surface area contributed by atoms with Crippen LogP contribution in [0.3, 0.4) is 0 Å². The van der Waals surface area contributed by atoms with Crippen molar-refractivity contribution < 1.29 is 4.39 Å². The van der Waals surface area contributed by atoms with Crippen molar-refractivity contribution in [3.8, 4) is 0 Å². The topological polar surface area (TPSA) is 17.8 Å². The summed E-state index contributed by atoms with van der Waals surface area (Å²) in [6.45, 7) is 1.39. The number of aromatic nitrogens is 2. The quantitative estimate of drug-likeness (QED) is 0.635. The van der Waals surface area contributed by atoms with Gasteiger partial charge >= 0.3 is 0 Å². The first-order valence-corrected chi connectivity index (χ1v) is 3.48. The summed E-state index contributed by atoms with van der Waals surface area (Å²) < 4.78 is 13.9. The van der Waals surface area contributed by atoms with Gasteiger partial charge in [0.15, 0.2) is 0 Å². The smallest absolute Gasteiger partial charge is 0.115 e. The molecule has 0 bridgehead atoms. The van der Waals surface area contributed by atoms with Crippen LogP contribution in [0.15, 0.2) is 18.5 Å². The zero-order valence-electron chi connectivity index (χ0n) is 6.71. The zero-order chi connectivity index (χ0) is 8.27. The van der Waals surface area contributed by atoms with Crippen LogP contribution < -0.4 is 0 Å². The molecule has 0 spiro atoms. The summed E-state index contributed by atoms with van der Waals surface area (Å²) in [4.78, 5) is 0. The standard InChI is InChI=1S/C8H11FN2/c1-3-7(4-9)8-5-10-11(2)6-8/h3,5-6H,4H2,1-2H3. The summed E-state index contributed by atoms with van der Waals surface area (Å²) in [5, 5.41) is 3.94. The molecule has 0 saturated carbocycles. The Bertz CT molecular complexity index is 263. The molecule has 0 unspecified atom stereocenters. The van der Waals surface area contributed by atoms with Crippen LogP contribution in [-0.4, -0.2) is 16.5 Å². The summed E-state index contributed by atoms with van der Waals surface area (Å²) in [6, 6.07) is 0. The van der Waals surface area contributed by atoms with Gasteiger partial charge in [0, 0.05) is 18.8 Å². The van der Waals surface area contributed by atoms with Gasteiger partial charge in [0.25, 0.3) is 0 Å². The summed E-state index contributed by atoms with van der Waals surface area (Å²) in [6.07, 6.45) is 5.22. The van der Waals surface area contributed by atoms with Crippen LogP contribution in [0.25, 0.3) is 5.57 Å². The number of halogens is 1. The minimum atomic E-state index is -0.428. The molecule has 0 aromatic carbocycles. The van der Waals surface area contributed by atoms with E-state index in [1.165, 1.54) is 0 Å². The van der Waals surface area contributed by atoms with E-state index in [1.54, 1.807) is 23.2 Å². The number of aryl methyl sites for hydroxylation is 1. The molecular weight excluding hydrogens is 143 g/mol. The lowest BCUT2D eigenvalue weighted by molar-refractivity contribution is 0.571. The molecule has 1 rings (SSSR count). The molecule has 0 aliphatic carbocycles. The lowest BCUT2D eigenvalue weighted by atomic mass is 10.1. The van der Waals surface area contributed by atoms with E-state index in [0.717, 1.165) is 5.56 Å². The number of hydrogen-bond donors (Lipinski definition) is 0. The Hall–Kier alpha value is -1.12. The average Bonchev–Trinajstić information content (AvgIpc) is 2.39. The van der Waals surface area contributed by atoms with Gasteiger partial charge in [-0.25, -0.2) is 4.39 Å². The fraction of sp³-hybridized carbons (Fsp3) is 0.375. The highest BCUT2D eigenvalue weighted by atomic mass is 19.1. The molecule has 3 heteroatoms. The SMILES string of the molecule is CC=C(CF)c1cnn(C)c1. The summed E-state index contributed by atoms with van der Waals surface area (Å²) in [5.41, 5.74) is 1.55. The molecule has 11 heavy (non-hydrogen) atoms. The fourth-order valence-electron chi connectivity index (χ4n) is 0.908. The van der Waals surface area contributed by atoms with Gasteiger partial charge in [0.2, 0.25) is 0 Å². The van der Waals surface area contributed by atoms with Gasteiger partial charge in [-0.1, -0.05) is 6.08 Å². The van der Waals surface area contributed by atoms with E-state index in [2.05, 4.69) is 5.10 Å². The first kappa shape index (κ1) is 7.98. The third-order valence-electron chi connectivity index (χ3n) is 1.57. The largest absolute Gasteiger partial charge is 0.275 e. The van der Waals surface area contributed by atoms with Crippen LogP contribution in [0.5, 0.6) is 0 Å². The Morgan fingerprint density at radius 2 is 2.55 bits per heavy atom. The van der Waals surface area contributed by atoms with Crippen molar-refractivity contribution in [3.05, 3.63) is 24.0 Å². The van der Waals surface area contributed by atoms with Crippen molar-refractivity contribution in [1.82, 2.24) is 9.78 Å². The van der Waals surface area contributed by atoms with Gasteiger partial charge in [-0.3, -0.25) is 4.68 Å². The average molecular weight is 154 g/mol. The summed E-state index contributed by atoms with van der Waals surface area (Å²) in [7, 11) is 1.81. The number of nitrogens with zero attached hydrogens (tertiary/aromatic N) is 2. The molecule has 0 atom stereocenters. The Kier molecular flexibility index (Phi) is 2.41. The van der Waals surface area contributed by atoms with Crippen molar-refractivity contribution in [2.24, 2.45) is 7.05 Å². The van der Waals surface area contributed by atoms with Gasteiger partial charge in [0.1, 0.15) is 6.67 Å². The lowest BCUT2D eigenvalue weighted by Gasteiger charge is -1.94. The molecule has 1 aromatic rings. The first-order chi connectivity index (χ1) is 5.27. The predicted octanol–water partition coefficient (Wildman–Crippen LogP) is 1.79. The molecule has 1 heterocycles. The summed E-state index contributed by atoms with van der Waals surface area (Å²) >= 11 is 0. The van der Waals surface area contributed by atoms with E-state index in [4.69, 9.17) is 0 Å². The second kappa shape index (κ2) is 3.32. The van der Waals surface area contributed by atoms with Gasteiger partial charge in [0.05, 0.1) is 6.20 Å². The normalized spacial score (nSPS) is 12.1. The monoisotopic (exact) mass is 154 g/mol. The first-order valence-electron chi connectivity index (χ1n) is 3.48. The fourth-order valence-corrected chi connectivity index (χ4v) is 0.908. The van der Waals surface area contributed by atoms with Crippen LogP contribution >= 0.6 is 0 Å². The van der Waals surface area contributed by atoms with E-state index in [9.17, 15) is 4.39 Å². The molecule has 0 radical (unpaired) electrons. The predicted molar refractivity (Wildman–Crippen MR) is 42.8 cm³/mol. The van der Waals surface area contributed by atoms with Crippen LogP contribution in [0, 0.1) is 0 Å². The van der Waals surface area contributed by atoms with Crippen molar-refractivity contribution >= 4 is 5.57 Å². The maximum atomic E-state index is 12.2. The highest BCUT2D eigenvalue weighted by molar-refractivity contribution is 5.64. The molecule has 0 N–H and O–H groups in total. The highest BCUT2D eigenvalue weighted by Crippen LogP contribution is 2.12. The van der Waals surface area contributed by atoms with Crippen molar-refractivity contribution in [3.63, 3.8) is 0 Å². The van der Waals surface area contributed by atoms with Crippen LogP contribution in [-0.2, 0) is 7.05 Å². The minimum Gasteiger partial charge on any atom is -0.275 e. The number of hydrogen-bond acceptors (Lipinski definition) is 1. The Morgan fingerprint density at radius 1 is 1.82 bits per heavy atom. The van der Waals surface area contributed by atoms with E-state index < -0.39 is 6.67 Å². The van der Waals surface area contributed by atoms with Crippen molar-refractivity contribution in [2.75, 3.05) is 6.67 Å². The second-order valence-corrected chi connectivity index (χ2v) is 2.35. The molecule has 0 fully saturated rings. The highest BCUT2D eigenvalue weighted by Gasteiger charge is 2.00. The second-order valence-electron chi connectivity index (χ2n) is 2.35. The Labute approximate surface area is 65.3 Å². The minimum absolute atomic E-state index is 0.428. The Balaban J connectivity index is 2.91. The van der Waals surface area contributed by atoms with Gasteiger partial charge in [-0.05, 0) is 12.5 Å². The van der Waals surface area contributed by atoms with Crippen LogP contribution in [0.4, 0.5) is 4.39 Å². The number of allylic oxidation sites excluding steroid dienone is 2. The third-order valence-corrected chi connectivity index (χ3v) is 1.57. The van der Waals surface area contributed by atoms with E-state index in [1.807, 2.05) is 14.0 Å². The molecule has 0 saturated heterocycles. The van der Waals surface area contributed by atoms with E-state index >= 15 is 0 Å². The summed E-state index contributed by atoms with van der Waals surface area (Å²) in [5.74, 6) is 0. The maximum Gasteiger partial charge on any atom is 0.115 e. The molecule has 0 aliphatic heterocycles. The maximum absolute atomic E-state index is 12.2. The van der Waals surface area contributed by atoms with Gasteiger partial charge < -0.3 is 0 Å². The Morgan fingerprint density at radius 3 is 2.91 bits per heavy atom. The molecule has 2 nitrogen and oxygen atoms in total. The van der Waals surface area contributed by atoms with Gasteiger partial charge in [-0.15, -0.1) is 0 Å². The lowest BCUT2D eigenvalue weighted by Crippen LogP contribution is -1.85. The number of rotatable bonds is 2. The molecular formula is C8H11FN2. The van der Waals surface area contributed by atoms with E-state index in [-0.39, 0.29) is 0 Å². The number of alkyl halides is 1. The zero-order valence-corrected chi connectivity index (χ0v) is 6.71. The van der Waals surface area contributed by atoms with Gasteiger partial charge in [-0.2, -0.15) is 5.10 Å². The van der Waals surface area contributed by atoms with Crippen LogP contribution in [0.2, 0.25) is 0 Å². The van der Waals surface area contributed by atoms with E-state index in [0.29, 0.717) is 5.57 Å². The molecule has 0 aliphatic rings. The molecule has 0 amide bonds.